The maximum Gasteiger partial charge on any atom is 0.198 e. The number of rotatable bonds is 2. The quantitative estimate of drug-likeness (QED) is 0.730. The molecule has 0 aliphatic rings. The molecule has 0 unspecified atom stereocenters. The summed E-state index contributed by atoms with van der Waals surface area (Å²) in [5.41, 5.74) is 3.78. The van der Waals surface area contributed by atoms with E-state index in [0.717, 1.165) is 28.2 Å². The first kappa shape index (κ1) is 10.1. The van der Waals surface area contributed by atoms with E-state index in [1.807, 2.05) is 24.3 Å². The van der Waals surface area contributed by atoms with Crippen molar-refractivity contribution in [2.75, 3.05) is 0 Å². The van der Waals surface area contributed by atoms with Crippen molar-refractivity contribution in [2.24, 2.45) is 0 Å². The van der Waals surface area contributed by atoms with Crippen LogP contribution in [0, 0.1) is 0 Å². The zero-order chi connectivity index (χ0) is 11.8. The Hall–Kier alpha value is -2.10. The lowest BCUT2D eigenvalue weighted by Gasteiger charge is -1.95. The van der Waals surface area contributed by atoms with E-state index in [9.17, 15) is 0 Å². The highest BCUT2D eigenvalue weighted by molar-refractivity contribution is 5.79. The first-order chi connectivity index (χ1) is 8.24. The summed E-state index contributed by atoms with van der Waals surface area (Å²) in [5, 5.41) is 6.88. The summed E-state index contributed by atoms with van der Waals surface area (Å²) in [6, 6.07) is 7.90. The molecule has 1 aromatic carbocycles. The number of aromatic nitrogens is 3. The number of aromatic amines is 1. The molecule has 0 radical (unpaired) electrons. The summed E-state index contributed by atoms with van der Waals surface area (Å²) < 4.78 is 5.66. The van der Waals surface area contributed by atoms with Crippen LogP contribution in [-0.4, -0.2) is 15.2 Å². The maximum atomic E-state index is 5.66. The third-order valence-corrected chi connectivity index (χ3v) is 2.71. The van der Waals surface area contributed by atoms with Gasteiger partial charge in [0.15, 0.2) is 11.5 Å². The Labute approximate surface area is 98.7 Å². The molecule has 0 fully saturated rings. The summed E-state index contributed by atoms with van der Waals surface area (Å²) in [5.74, 6) is 1.08. The van der Waals surface area contributed by atoms with Gasteiger partial charge in [0.05, 0.1) is 5.69 Å². The van der Waals surface area contributed by atoms with Gasteiger partial charge in [0, 0.05) is 17.7 Å². The van der Waals surface area contributed by atoms with Crippen molar-refractivity contribution in [2.45, 2.75) is 19.8 Å². The van der Waals surface area contributed by atoms with Gasteiger partial charge in [0.1, 0.15) is 5.52 Å². The summed E-state index contributed by atoms with van der Waals surface area (Å²) in [6.45, 7) is 4.14. The fraction of sp³-hybridized carbons (Fsp3) is 0.231. The highest BCUT2D eigenvalue weighted by atomic mass is 16.3. The van der Waals surface area contributed by atoms with Crippen LogP contribution in [0.2, 0.25) is 0 Å². The lowest BCUT2D eigenvalue weighted by molar-refractivity contribution is 0.501. The predicted molar refractivity (Wildman–Crippen MR) is 65.7 cm³/mol. The van der Waals surface area contributed by atoms with Gasteiger partial charge >= 0.3 is 0 Å². The Kier molecular flexibility index (Phi) is 2.21. The SMILES string of the molecule is CC(C)c1nc2cc(-c3ccn[nH]3)ccc2o1. The van der Waals surface area contributed by atoms with Crippen molar-refractivity contribution in [3.05, 3.63) is 36.4 Å². The van der Waals surface area contributed by atoms with Crippen LogP contribution < -0.4 is 0 Å². The van der Waals surface area contributed by atoms with Gasteiger partial charge in [0.2, 0.25) is 0 Å². The summed E-state index contributed by atoms with van der Waals surface area (Å²) in [4.78, 5) is 4.48. The van der Waals surface area contributed by atoms with Crippen molar-refractivity contribution in [1.82, 2.24) is 15.2 Å². The molecule has 0 aliphatic heterocycles. The fourth-order valence-electron chi connectivity index (χ4n) is 1.78. The second-order valence-corrected chi connectivity index (χ2v) is 4.36. The van der Waals surface area contributed by atoms with E-state index in [2.05, 4.69) is 29.0 Å². The molecule has 4 heteroatoms. The first-order valence-electron chi connectivity index (χ1n) is 5.64. The first-order valence-corrected chi connectivity index (χ1v) is 5.64. The second kappa shape index (κ2) is 3.73. The summed E-state index contributed by atoms with van der Waals surface area (Å²) in [7, 11) is 0. The van der Waals surface area contributed by atoms with Crippen LogP contribution in [0.1, 0.15) is 25.7 Å². The number of oxazole rings is 1. The average Bonchev–Trinajstić information content (AvgIpc) is 2.97. The molecule has 1 N–H and O–H groups in total. The fourth-order valence-corrected chi connectivity index (χ4v) is 1.78. The molecule has 86 valence electrons. The number of hydrogen-bond donors (Lipinski definition) is 1. The molecule has 2 heterocycles. The number of H-pyrrole nitrogens is 1. The molecule has 0 saturated carbocycles. The van der Waals surface area contributed by atoms with Gasteiger partial charge in [-0.1, -0.05) is 13.8 Å². The number of benzene rings is 1. The number of hydrogen-bond acceptors (Lipinski definition) is 3. The zero-order valence-corrected chi connectivity index (χ0v) is 9.77. The molecule has 0 spiro atoms. The molecule has 17 heavy (non-hydrogen) atoms. The van der Waals surface area contributed by atoms with Gasteiger partial charge in [-0.05, 0) is 24.3 Å². The molecule has 3 rings (SSSR count). The Morgan fingerprint density at radius 3 is 2.82 bits per heavy atom. The second-order valence-electron chi connectivity index (χ2n) is 4.36. The molecule has 4 nitrogen and oxygen atoms in total. The van der Waals surface area contributed by atoms with E-state index >= 15 is 0 Å². The average molecular weight is 227 g/mol. The van der Waals surface area contributed by atoms with Crippen molar-refractivity contribution in [3.63, 3.8) is 0 Å². The van der Waals surface area contributed by atoms with Crippen LogP contribution >= 0.6 is 0 Å². The van der Waals surface area contributed by atoms with E-state index in [-0.39, 0.29) is 0 Å². The van der Waals surface area contributed by atoms with E-state index in [0.29, 0.717) is 5.92 Å². The van der Waals surface area contributed by atoms with E-state index in [1.165, 1.54) is 0 Å². The maximum absolute atomic E-state index is 5.66. The Bertz CT molecular complexity index is 638. The van der Waals surface area contributed by atoms with Crippen LogP contribution in [0.4, 0.5) is 0 Å². The van der Waals surface area contributed by atoms with Crippen molar-refractivity contribution in [3.8, 4) is 11.3 Å². The third kappa shape index (κ3) is 1.71. The summed E-state index contributed by atoms with van der Waals surface area (Å²) >= 11 is 0. The molecular weight excluding hydrogens is 214 g/mol. The van der Waals surface area contributed by atoms with Gasteiger partial charge in [-0.15, -0.1) is 0 Å². The highest BCUT2D eigenvalue weighted by Gasteiger charge is 2.10. The van der Waals surface area contributed by atoms with Crippen LogP contribution in [0.25, 0.3) is 22.4 Å². The lowest BCUT2D eigenvalue weighted by atomic mass is 10.1. The smallest absolute Gasteiger partial charge is 0.198 e. The number of fused-ring (bicyclic) bond motifs is 1. The van der Waals surface area contributed by atoms with Gasteiger partial charge in [0.25, 0.3) is 0 Å². The standard InChI is InChI=1S/C13H13N3O/c1-8(2)13-15-11-7-9(3-4-12(11)17-13)10-5-6-14-16-10/h3-8H,1-2H3,(H,14,16). The van der Waals surface area contributed by atoms with E-state index in [1.54, 1.807) is 6.20 Å². The van der Waals surface area contributed by atoms with Gasteiger partial charge in [-0.2, -0.15) is 5.10 Å². The minimum atomic E-state index is 0.304. The van der Waals surface area contributed by atoms with Gasteiger partial charge in [-0.3, -0.25) is 5.10 Å². The topological polar surface area (TPSA) is 54.7 Å². The lowest BCUT2D eigenvalue weighted by Crippen LogP contribution is -1.84. The third-order valence-electron chi connectivity index (χ3n) is 2.71. The minimum absolute atomic E-state index is 0.304. The Morgan fingerprint density at radius 2 is 2.12 bits per heavy atom. The van der Waals surface area contributed by atoms with E-state index < -0.39 is 0 Å². The van der Waals surface area contributed by atoms with Crippen molar-refractivity contribution < 1.29 is 4.42 Å². The molecule has 0 aliphatic carbocycles. The van der Waals surface area contributed by atoms with E-state index in [4.69, 9.17) is 4.42 Å². The Balaban J connectivity index is 2.13. The van der Waals surface area contributed by atoms with Crippen LogP contribution in [-0.2, 0) is 0 Å². The molecule has 3 aromatic rings. The van der Waals surface area contributed by atoms with Crippen molar-refractivity contribution in [1.29, 1.82) is 0 Å². The molecule has 2 aromatic heterocycles. The molecular formula is C13H13N3O. The molecule has 0 saturated heterocycles. The zero-order valence-electron chi connectivity index (χ0n) is 9.77. The highest BCUT2D eigenvalue weighted by Crippen LogP contribution is 2.25. The van der Waals surface area contributed by atoms with Crippen molar-refractivity contribution >= 4 is 11.1 Å². The number of nitrogens with zero attached hydrogens (tertiary/aromatic N) is 2. The number of nitrogens with one attached hydrogen (secondary N) is 1. The van der Waals surface area contributed by atoms with Gasteiger partial charge < -0.3 is 4.42 Å². The van der Waals surface area contributed by atoms with Crippen LogP contribution in [0.3, 0.4) is 0 Å². The normalized spacial score (nSPS) is 11.5. The summed E-state index contributed by atoms with van der Waals surface area (Å²) in [6.07, 6.45) is 1.74. The monoisotopic (exact) mass is 227 g/mol. The molecule has 0 atom stereocenters. The predicted octanol–water partition coefficient (Wildman–Crippen LogP) is 3.34. The minimum Gasteiger partial charge on any atom is -0.440 e. The van der Waals surface area contributed by atoms with Crippen LogP contribution in [0.5, 0.6) is 0 Å². The van der Waals surface area contributed by atoms with Gasteiger partial charge in [-0.25, -0.2) is 4.98 Å². The molecule has 0 bridgehead atoms. The van der Waals surface area contributed by atoms with Crippen LogP contribution in [0.15, 0.2) is 34.9 Å². The largest absolute Gasteiger partial charge is 0.440 e. The molecule has 0 amide bonds. The Morgan fingerprint density at radius 1 is 1.24 bits per heavy atom.